The van der Waals surface area contributed by atoms with Crippen LogP contribution in [0.15, 0.2) is 12.4 Å². The zero-order chi connectivity index (χ0) is 14.7. The summed E-state index contributed by atoms with van der Waals surface area (Å²) in [6.07, 6.45) is 2.15. The molecule has 2 rings (SSSR count). The summed E-state index contributed by atoms with van der Waals surface area (Å²) < 4.78 is 6.13. The van der Waals surface area contributed by atoms with E-state index in [4.69, 9.17) is 9.84 Å². The number of ether oxygens (including phenoxy) is 1. The molecule has 0 saturated carbocycles. The van der Waals surface area contributed by atoms with Crippen molar-refractivity contribution in [1.29, 1.82) is 0 Å². The van der Waals surface area contributed by atoms with Crippen molar-refractivity contribution in [3.05, 3.63) is 22.5 Å². The molecule has 0 radical (unpaired) electrons. The number of morpholine rings is 1. The van der Waals surface area contributed by atoms with Gasteiger partial charge in [0.2, 0.25) is 5.91 Å². The minimum atomic E-state index is -1.15. The normalized spacial score (nSPS) is 18.8. The third kappa shape index (κ3) is 2.91. The van der Waals surface area contributed by atoms with Crippen LogP contribution in [0.4, 0.5) is 5.69 Å². The molecule has 20 heavy (non-hydrogen) atoms. The summed E-state index contributed by atoms with van der Waals surface area (Å²) in [7, 11) is 0. The van der Waals surface area contributed by atoms with Gasteiger partial charge in [0.1, 0.15) is 18.9 Å². The summed E-state index contributed by atoms with van der Waals surface area (Å²) in [5, 5.41) is 23.2. The Labute approximate surface area is 112 Å². The van der Waals surface area contributed by atoms with Gasteiger partial charge in [-0.05, 0) is 0 Å². The fourth-order valence-corrected chi connectivity index (χ4v) is 1.87. The van der Waals surface area contributed by atoms with E-state index in [9.17, 15) is 19.7 Å². The van der Waals surface area contributed by atoms with Crippen LogP contribution < -0.4 is 0 Å². The van der Waals surface area contributed by atoms with E-state index in [1.54, 1.807) is 0 Å². The first-order valence-corrected chi connectivity index (χ1v) is 5.76. The standard InChI is InChI=1S/C10H12N4O6/c15-9(5-12-4-7(3-11-12)14(18)19)13-1-2-20-6-8(13)10(16)17/h3-4,8H,1-2,5-6H2,(H,16,17). The molecule has 1 saturated heterocycles. The Morgan fingerprint density at radius 3 is 2.95 bits per heavy atom. The van der Waals surface area contributed by atoms with Crippen LogP contribution >= 0.6 is 0 Å². The lowest BCUT2D eigenvalue weighted by atomic mass is 10.2. The molecule has 1 atom stereocenters. The maximum absolute atomic E-state index is 12.0. The Morgan fingerprint density at radius 1 is 1.60 bits per heavy atom. The van der Waals surface area contributed by atoms with Gasteiger partial charge in [0.05, 0.1) is 18.1 Å². The van der Waals surface area contributed by atoms with Crippen molar-refractivity contribution in [2.75, 3.05) is 19.8 Å². The molecule has 10 heteroatoms. The average molecular weight is 284 g/mol. The minimum Gasteiger partial charge on any atom is -0.480 e. The fraction of sp³-hybridized carbons (Fsp3) is 0.500. The molecular weight excluding hydrogens is 272 g/mol. The highest BCUT2D eigenvalue weighted by atomic mass is 16.6. The van der Waals surface area contributed by atoms with Gasteiger partial charge in [0.15, 0.2) is 6.04 Å². The third-order valence-electron chi connectivity index (χ3n) is 2.86. The zero-order valence-electron chi connectivity index (χ0n) is 10.3. The second kappa shape index (κ2) is 5.65. The quantitative estimate of drug-likeness (QED) is 0.560. The highest BCUT2D eigenvalue weighted by Gasteiger charge is 2.32. The summed E-state index contributed by atoms with van der Waals surface area (Å²) in [4.78, 5) is 34.1. The Hall–Kier alpha value is -2.49. The van der Waals surface area contributed by atoms with Crippen LogP contribution in [0, 0.1) is 10.1 Å². The number of hydrogen-bond donors (Lipinski definition) is 1. The Bertz CT molecular complexity index is 542. The topological polar surface area (TPSA) is 128 Å². The second-order valence-electron chi connectivity index (χ2n) is 4.17. The van der Waals surface area contributed by atoms with Crippen molar-refractivity contribution in [3.8, 4) is 0 Å². The van der Waals surface area contributed by atoms with Crippen LogP contribution in [0.1, 0.15) is 0 Å². The molecular formula is C10H12N4O6. The lowest BCUT2D eigenvalue weighted by Crippen LogP contribution is -2.53. The lowest BCUT2D eigenvalue weighted by molar-refractivity contribution is -0.385. The molecule has 0 aliphatic carbocycles. The minimum absolute atomic E-state index is 0.0691. The maximum Gasteiger partial charge on any atom is 0.328 e. The smallest absolute Gasteiger partial charge is 0.328 e. The van der Waals surface area contributed by atoms with E-state index in [-0.39, 0.29) is 32.0 Å². The number of aromatic nitrogens is 2. The van der Waals surface area contributed by atoms with E-state index >= 15 is 0 Å². The van der Waals surface area contributed by atoms with Crippen molar-refractivity contribution in [1.82, 2.24) is 14.7 Å². The molecule has 0 spiro atoms. The number of carbonyl (C=O) groups is 2. The molecule has 1 fully saturated rings. The van der Waals surface area contributed by atoms with Crippen molar-refractivity contribution in [3.63, 3.8) is 0 Å². The van der Waals surface area contributed by atoms with Gasteiger partial charge in [-0.2, -0.15) is 5.10 Å². The number of hydrogen-bond acceptors (Lipinski definition) is 6. The molecule has 1 aliphatic rings. The number of nitro groups is 1. The van der Waals surface area contributed by atoms with Gasteiger partial charge in [0.25, 0.3) is 0 Å². The summed E-state index contributed by atoms with van der Waals surface area (Å²) in [6.45, 7) is 0.103. The maximum atomic E-state index is 12.0. The predicted octanol–water partition coefficient (Wildman–Crippen LogP) is -0.897. The lowest BCUT2D eigenvalue weighted by Gasteiger charge is -2.32. The van der Waals surface area contributed by atoms with Crippen LogP contribution in [-0.2, 0) is 20.9 Å². The van der Waals surface area contributed by atoms with Gasteiger partial charge in [-0.25, -0.2) is 4.79 Å². The molecule has 10 nitrogen and oxygen atoms in total. The van der Waals surface area contributed by atoms with E-state index in [0.29, 0.717) is 0 Å². The highest BCUT2D eigenvalue weighted by Crippen LogP contribution is 2.11. The Kier molecular flexibility index (Phi) is 3.94. The molecule has 1 amide bonds. The number of nitrogens with zero attached hydrogens (tertiary/aromatic N) is 4. The molecule has 0 aromatic carbocycles. The summed E-state index contributed by atoms with van der Waals surface area (Å²) in [5.74, 6) is -1.62. The number of aliphatic carboxylic acids is 1. The molecule has 0 bridgehead atoms. The van der Waals surface area contributed by atoms with Crippen LogP contribution in [0.5, 0.6) is 0 Å². The fourth-order valence-electron chi connectivity index (χ4n) is 1.87. The van der Waals surface area contributed by atoms with Crippen molar-refractivity contribution < 1.29 is 24.4 Å². The van der Waals surface area contributed by atoms with Crippen LogP contribution in [0.25, 0.3) is 0 Å². The highest BCUT2D eigenvalue weighted by molar-refractivity contribution is 5.83. The Morgan fingerprint density at radius 2 is 2.35 bits per heavy atom. The van der Waals surface area contributed by atoms with Gasteiger partial charge in [-0.1, -0.05) is 0 Å². The first-order chi connectivity index (χ1) is 9.49. The largest absolute Gasteiger partial charge is 0.480 e. The molecule has 1 N–H and O–H groups in total. The van der Waals surface area contributed by atoms with E-state index < -0.39 is 22.8 Å². The van der Waals surface area contributed by atoms with Gasteiger partial charge >= 0.3 is 11.7 Å². The molecule has 2 heterocycles. The molecule has 108 valence electrons. The van der Waals surface area contributed by atoms with E-state index in [1.807, 2.05) is 0 Å². The summed E-state index contributed by atoms with van der Waals surface area (Å²) in [5.41, 5.74) is -0.227. The van der Waals surface area contributed by atoms with Gasteiger partial charge in [-0.3, -0.25) is 19.6 Å². The Balaban J connectivity index is 2.05. The average Bonchev–Trinajstić information content (AvgIpc) is 2.87. The number of amides is 1. The monoisotopic (exact) mass is 284 g/mol. The molecule has 1 unspecified atom stereocenters. The summed E-state index contributed by atoms with van der Waals surface area (Å²) in [6, 6.07) is -1.04. The van der Waals surface area contributed by atoms with Crippen LogP contribution in [0.2, 0.25) is 0 Å². The molecule has 1 aromatic rings. The third-order valence-corrected chi connectivity index (χ3v) is 2.86. The van der Waals surface area contributed by atoms with Crippen LogP contribution in [0.3, 0.4) is 0 Å². The van der Waals surface area contributed by atoms with Crippen molar-refractivity contribution in [2.24, 2.45) is 0 Å². The molecule has 1 aromatic heterocycles. The van der Waals surface area contributed by atoms with Crippen molar-refractivity contribution in [2.45, 2.75) is 12.6 Å². The number of carbonyl (C=O) groups excluding carboxylic acids is 1. The summed E-state index contributed by atoms with van der Waals surface area (Å²) >= 11 is 0. The van der Waals surface area contributed by atoms with Gasteiger partial charge < -0.3 is 14.7 Å². The van der Waals surface area contributed by atoms with E-state index in [0.717, 1.165) is 17.1 Å². The SMILES string of the molecule is O=C(O)C1COCCN1C(=O)Cn1cc([N+](=O)[O-])cn1. The number of carboxylic acid groups (broad SMARTS) is 1. The van der Waals surface area contributed by atoms with Crippen molar-refractivity contribution >= 4 is 17.6 Å². The number of rotatable bonds is 4. The van der Waals surface area contributed by atoms with E-state index in [1.165, 1.54) is 4.90 Å². The number of carboxylic acids is 1. The van der Waals surface area contributed by atoms with Gasteiger partial charge in [-0.15, -0.1) is 0 Å². The van der Waals surface area contributed by atoms with Crippen LogP contribution in [-0.4, -0.2) is 62.4 Å². The van der Waals surface area contributed by atoms with Gasteiger partial charge in [0, 0.05) is 6.54 Å². The zero-order valence-corrected chi connectivity index (χ0v) is 10.3. The predicted molar refractivity (Wildman–Crippen MR) is 62.8 cm³/mol. The first-order valence-electron chi connectivity index (χ1n) is 5.76. The second-order valence-corrected chi connectivity index (χ2v) is 4.17. The molecule has 1 aliphatic heterocycles. The first kappa shape index (κ1) is 13.9. The van der Waals surface area contributed by atoms with E-state index in [2.05, 4.69) is 5.10 Å².